The molecule has 9 heteroatoms. The number of aromatic nitrogens is 2. The number of nitro benzene ring substituents is 1. The molecule has 0 radical (unpaired) electrons. The fraction of sp³-hybridized carbons (Fsp3) is 0.125. The van der Waals surface area contributed by atoms with Gasteiger partial charge in [0.05, 0.1) is 16.7 Å². The molecule has 0 spiro atoms. The second-order valence-corrected chi connectivity index (χ2v) is 8.01. The van der Waals surface area contributed by atoms with E-state index in [1.807, 2.05) is 42.5 Å². The van der Waals surface area contributed by atoms with Crippen LogP contribution in [0.5, 0.6) is 0 Å². The summed E-state index contributed by atoms with van der Waals surface area (Å²) in [6.07, 6.45) is 5.25. The first-order valence-electron chi connectivity index (χ1n) is 10.3. The molecule has 1 aliphatic heterocycles. The molecule has 3 aromatic heterocycles. The lowest BCUT2D eigenvalue weighted by Gasteiger charge is -2.26. The molecule has 0 aliphatic carbocycles. The third kappa shape index (κ3) is 4.18. The molecule has 1 N–H and O–H groups in total. The van der Waals surface area contributed by atoms with E-state index in [9.17, 15) is 10.1 Å². The van der Waals surface area contributed by atoms with Crippen LogP contribution in [0.4, 0.5) is 5.69 Å². The lowest BCUT2D eigenvalue weighted by Crippen LogP contribution is -2.29. The minimum atomic E-state index is -0.416. The Morgan fingerprint density at radius 1 is 1.06 bits per heavy atom. The van der Waals surface area contributed by atoms with Crippen molar-refractivity contribution in [2.75, 3.05) is 0 Å². The van der Waals surface area contributed by atoms with Gasteiger partial charge in [-0.25, -0.2) is 0 Å². The summed E-state index contributed by atoms with van der Waals surface area (Å²) in [6, 6.07) is 19.3. The Balaban J connectivity index is 1.53. The van der Waals surface area contributed by atoms with E-state index in [0.29, 0.717) is 28.7 Å². The quantitative estimate of drug-likeness (QED) is 0.250. The highest BCUT2D eigenvalue weighted by Crippen LogP contribution is 2.41. The van der Waals surface area contributed by atoms with Gasteiger partial charge < -0.3 is 14.6 Å². The minimum Gasteiger partial charge on any atom is -0.459 e. The molecule has 1 saturated heterocycles. The fourth-order valence-electron chi connectivity index (χ4n) is 4.01. The van der Waals surface area contributed by atoms with Crippen LogP contribution in [-0.4, -0.2) is 24.9 Å². The van der Waals surface area contributed by atoms with Gasteiger partial charge in [-0.1, -0.05) is 18.2 Å². The summed E-state index contributed by atoms with van der Waals surface area (Å²) in [5.41, 5.74) is 2.56. The van der Waals surface area contributed by atoms with Crippen LogP contribution in [0.2, 0.25) is 0 Å². The lowest BCUT2D eigenvalue weighted by atomic mass is 10.0. The van der Waals surface area contributed by atoms with Crippen molar-refractivity contribution < 1.29 is 9.34 Å². The van der Waals surface area contributed by atoms with Crippen LogP contribution in [-0.2, 0) is 6.54 Å². The topological polar surface area (TPSA) is 97.3 Å². The van der Waals surface area contributed by atoms with E-state index >= 15 is 0 Å². The molecule has 0 saturated carbocycles. The maximum atomic E-state index is 11.2. The molecule has 0 bridgehead atoms. The molecule has 4 heterocycles. The van der Waals surface area contributed by atoms with Gasteiger partial charge in [-0.3, -0.25) is 20.1 Å². The van der Waals surface area contributed by atoms with Crippen molar-refractivity contribution >= 4 is 23.0 Å². The Labute approximate surface area is 195 Å². The van der Waals surface area contributed by atoms with E-state index in [-0.39, 0.29) is 17.8 Å². The Hall–Kier alpha value is -4.11. The number of thiocarbonyl (C=S) groups is 1. The van der Waals surface area contributed by atoms with E-state index in [1.54, 1.807) is 30.7 Å². The molecule has 1 fully saturated rings. The van der Waals surface area contributed by atoms with Gasteiger partial charge in [0.15, 0.2) is 5.11 Å². The van der Waals surface area contributed by atoms with Gasteiger partial charge in [-0.2, -0.15) is 0 Å². The average molecular weight is 458 g/mol. The molecule has 0 unspecified atom stereocenters. The number of hydrogen-bond donors (Lipinski definition) is 1. The monoisotopic (exact) mass is 457 g/mol. The van der Waals surface area contributed by atoms with Crippen LogP contribution < -0.4 is 5.32 Å². The number of nitro groups is 1. The smallest absolute Gasteiger partial charge is 0.270 e. The van der Waals surface area contributed by atoms with E-state index < -0.39 is 4.92 Å². The molecule has 5 rings (SSSR count). The Morgan fingerprint density at radius 3 is 2.67 bits per heavy atom. The number of furan rings is 1. The SMILES string of the molecule is O=[N+]([O-])c1cccc(-c2ccc([C@H]3[C@H](c4ccccn4)NC(=S)N3Cc3ccncc3)o2)c1. The maximum absolute atomic E-state index is 11.2. The summed E-state index contributed by atoms with van der Waals surface area (Å²) in [4.78, 5) is 21.5. The summed E-state index contributed by atoms with van der Waals surface area (Å²) in [5.74, 6) is 1.24. The van der Waals surface area contributed by atoms with Crippen LogP contribution in [0, 0.1) is 10.1 Å². The normalized spacial score (nSPS) is 17.7. The molecule has 4 aromatic rings. The van der Waals surface area contributed by atoms with Gasteiger partial charge in [0, 0.05) is 42.8 Å². The first-order valence-corrected chi connectivity index (χ1v) is 10.7. The third-order valence-corrected chi connectivity index (χ3v) is 5.91. The average Bonchev–Trinajstić information content (AvgIpc) is 3.45. The van der Waals surface area contributed by atoms with Gasteiger partial charge in [0.25, 0.3) is 5.69 Å². The minimum absolute atomic E-state index is 0.0137. The largest absolute Gasteiger partial charge is 0.459 e. The van der Waals surface area contributed by atoms with E-state index in [0.717, 1.165) is 11.3 Å². The van der Waals surface area contributed by atoms with E-state index in [1.165, 1.54) is 12.1 Å². The highest BCUT2D eigenvalue weighted by atomic mass is 32.1. The molecule has 1 aromatic carbocycles. The number of pyridine rings is 2. The highest BCUT2D eigenvalue weighted by molar-refractivity contribution is 7.80. The fourth-order valence-corrected chi connectivity index (χ4v) is 4.31. The molecule has 33 heavy (non-hydrogen) atoms. The van der Waals surface area contributed by atoms with Crippen molar-refractivity contribution in [3.05, 3.63) is 112 Å². The van der Waals surface area contributed by atoms with Gasteiger partial charge in [-0.05, 0) is 54.2 Å². The summed E-state index contributed by atoms with van der Waals surface area (Å²) in [5, 5.41) is 15.2. The van der Waals surface area contributed by atoms with Crippen molar-refractivity contribution in [1.82, 2.24) is 20.2 Å². The summed E-state index contributed by atoms with van der Waals surface area (Å²) in [7, 11) is 0. The third-order valence-electron chi connectivity index (χ3n) is 5.56. The van der Waals surface area contributed by atoms with Crippen molar-refractivity contribution in [1.29, 1.82) is 0 Å². The zero-order valence-corrected chi connectivity index (χ0v) is 18.2. The zero-order valence-electron chi connectivity index (χ0n) is 17.4. The number of hydrogen-bond acceptors (Lipinski definition) is 6. The Morgan fingerprint density at radius 2 is 1.91 bits per heavy atom. The zero-order chi connectivity index (χ0) is 22.8. The van der Waals surface area contributed by atoms with Gasteiger partial charge in [-0.15, -0.1) is 0 Å². The van der Waals surface area contributed by atoms with E-state index in [4.69, 9.17) is 16.6 Å². The van der Waals surface area contributed by atoms with Gasteiger partial charge >= 0.3 is 0 Å². The predicted octanol–water partition coefficient (Wildman–Crippen LogP) is 4.82. The number of rotatable bonds is 6. The van der Waals surface area contributed by atoms with Crippen LogP contribution >= 0.6 is 12.2 Å². The highest BCUT2D eigenvalue weighted by Gasteiger charge is 2.41. The number of non-ortho nitro benzene ring substituents is 1. The molecule has 8 nitrogen and oxygen atoms in total. The number of benzene rings is 1. The summed E-state index contributed by atoms with van der Waals surface area (Å²) < 4.78 is 6.25. The first kappa shape index (κ1) is 20.8. The van der Waals surface area contributed by atoms with Crippen LogP contribution in [0.3, 0.4) is 0 Å². The molecule has 2 atom stereocenters. The van der Waals surface area contributed by atoms with Crippen molar-refractivity contribution in [2.45, 2.75) is 18.6 Å². The second kappa shape index (κ2) is 8.79. The van der Waals surface area contributed by atoms with Crippen LogP contribution in [0.25, 0.3) is 11.3 Å². The van der Waals surface area contributed by atoms with Crippen molar-refractivity contribution in [2.24, 2.45) is 0 Å². The summed E-state index contributed by atoms with van der Waals surface area (Å²) in [6.45, 7) is 0.565. The molecule has 1 aliphatic rings. The van der Waals surface area contributed by atoms with Crippen molar-refractivity contribution in [3.63, 3.8) is 0 Å². The first-order chi connectivity index (χ1) is 16.1. The number of nitrogens with zero attached hydrogens (tertiary/aromatic N) is 4. The molecule has 164 valence electrons. The van der Waals surface area contributed by atoms with Gasteiger partial charge in [0.1, 0.15) is 17.6 Å². The molecular weight excluding hydrogens is 438 g/mol. The maximum Gasteiger partial charge on any atom is 0.270 e. The predicted molar refractivity (Wildman–Crippen MR) is 126 cm³/mol. The Bertz CT molecular complexity index is 1300. The van der Waals surface area contributed by atoms with Crippen molar-refractivity contribution in [3.8, 4) is 11.3 Å². The number of nitrogens with one attached hydrogen (secondary N) is 1. The Kier molecular flexibility index (Phi) is 5.54. The van der Waals surface area contributed by atoms with Crippen LogP contribution in [0.15, 0.2) is 89.7 Å². The molecule has 0 amide bonds. The lowest BCUT2D eigenvalue weighted by molar-refractivity contribution is -0.384. The second-order valence-electron chi connectivity index (χ2n) is 7.62. The summed E-state index contributed by atoms with van der Waals surface area (Å²) >= 11 is 5.69. The van der Waals surface area contributed by atoms with Crippen LogP contribution in [0.1, 0.15) is 29.1 Å². The molecular formula is C24H19N5O3S. The standard InChI is InChI=1S/C24H19N5O3S/c30-29(31)18-5-3-4-17(14-18)20-7-8-21(32-20)23-22(19-6-1-2-11-26-19)27-24(33)28(23)15-16-9-12-25-13-10-16/h1-14,22-23H,15H2,(H,27,33)/t22-,23-/m0/s1. The van der Waals surface area contributed by atoms with E-state index in [2.05, 4.69) is 20.2 Å². The van der Waals surface area contributed by atoms with Gasteiger partial charge in [0.2, 0.25) is 0 Å².